The molecule has 0 saturated carbocycles. The van der Waals surface area contributed by atoms with E-state index in [2.05, 4.69) is 15.8 Å². The number of hydrogen-bond donors (Lipinski definition) is 2. The van der Waals surface area contributed by atoms with Crippen molar-refractivity contribution in [2.75, 3.05) is 0 Å². The molecule has 1 aromatic carbocycles. The summed E-state index contributed by atoms with van der Waals surface area (Å²) in [4.78, 5) is 22.4. The van der Waals surface area contributed by atoms with Gasteiger partial charge in [-0.25, -0.2) is 14.2 Å². The van der Waals surface area contributed by atoms with Gasteiger partial charge in [0.15, 0.2) is 0 Å². The number of benzene rings is 1. The number of carbonyl (C=O) groups is 2. The Morgan fingerprint density at radius 2 is 2.26 bits per heavy atom. The van der Waals surface area contributed by atoms with Crippen LogP contribution >= 0.6 is 0 Å². The van der Waals surface area contributed by atoms with Crippen molar-refractivity contribution in [2.24, 2.45) is 5.10 Å². The minimum Gasteiger partial charge on any atom is -0.344 e. The number of amides is 2. The van der Waals surface area contributed by atoms with E-state index in [4.69, 9.17) is 0 Å². The van der Waals surface area contributed by atoms with Crippen LogP contribution in [0.4, 0.5) is 8.78 Å². The molecule has 100 valence electrons. The van der Waals surface area contributed by atoms with Gasteiger partial charge in [-0.05, 0) is 24.6 Å². The molecule has 0 aromatic heterocycles. The van der Waals surface area contributed by atoms with Gasteiger partial charge in [0.25, 0.3) is 5.91 Å². The highest BCUT2D eigenvalue weighted by molar-refractivity contribution is 5.91. The molecule has 1 heterocycles. The van der Waals surface area contributed by atoms with Gasteiger partial charge in [0.2, 0.25) is 5.91 Å². The highest BCUT2D eigenvalue weighted by Gasteiger charge is 2.26. The lowest BCUT2D eigenvalue weighted by Gasteiger charge is -2.06. The zero-order valence-electron chi connectivity index (χ0n) is 9.82. The molecular weight excluding hydrogens is 256 g/mol. The molecule has 1 aliphatic rings. The molecule has 19 heavy (non-hydrogen) atoms. The third kappa shape index (κ3) is 3.34. The summed E-state index contributed by atoms with van der Waals surface area (Å²) in [7, 11) is 0. The molecule has 1 aromatic rings. The number of rotatable bonds is 3. The molecular formula is C12H11F2N3O2. The summed E-state index contributed by atoms with van der Waals surface area (Å²) in [6, 6.07) is 2.29. The smallest absolute Gasteiger partial charge is 0.262 e. The van der Waals surface area contributed by atoms with Crippen LogP contribution in [-0.2, 0) is 9.59 Å². The summed E-state index contributed by atoms with van der Waals surface area (Å²) >= 11 is 0. The zero-order chi connectivity index (χ0) is 13.8. The standard InChI is InChI=1S/C12H11F2N3O2/c13-8-1-2-9(14)7(5-8)6-15-17-12(19)10-3-4-11(18)16-10/h1-2,5-6,10H,3-4H2,(H,16,18)(H,17,19)/b15-6+/t10-/m0/s1. The van der Waals surface area contributed by atoms with E-state index in [0.717, 1.165) is 24.4 Å². The Morgan fingerprint density at radius 1 is 1.47 bits per heavy atom. The number of carbonyl (C=O) groups excluding carboxylic acids is 2. The van der Waals surface area contributed by atoms with Crippen LogP contribution in [0.1, 0.15) is 18.4 Å². The Hall–Kier alpha value is -2.31. The van der Waals surface area contributed by atoms with Crippen molar-refractivity contribution in [3.63, 3.8) is 0 Å². The average Bonchev–Trinajstić information content (AvgIpc) is 2.80. The third-order valence-corrected chi connectivity index (χ3v) is 2.65. The van der Waals surface area contributed by atoms with E-state index in [9.17, 15) is 18.4 Å². The van der Waals surface area contributed by atoms with Crippen molar-refractivity contribution in [1.82, 2.24) is 10.7 Å². The number of hydrogen-bond acceptors (Lipinski definition) is 3. The zero-order valence-corrected chi connectivity index (χ0v) is 9.82. The topological polar surface area (TPSA) is 70.6 Å². The molecule has 2 N–H and O–H groups in total. The first-order chi connectivity index (χ1) is 9.06. The maximum absolute atomic E-state index is 13.2. The molecule has 0 bridgehead atoms. The highest BCUT2D eigenvalue weighted by Crippen LogP contribution is 2.08. The lowest BCUT2D eigenvalue weighted by atomic mass is 10.2. The molecule has 0 aliphatic carbocycles. The Labute approximate surface area is 107 Å². The predicted octanol–water partition coefficient (Wildman–Crippen LogP) is 0.693. The maximum Gasteiger partial charge on any atom is 0.262 e. The molecule has 1 saturated heterocycles. The Kier molecular flexibility index (Phi) is 3.84. The Balaban J connectivity index is 1.94. The van der Waals surface area contributed by atoms with E-state index in [1.54, 1.807) is 0 Å². The SMILES string of the molecule is O=C1CC[C@@H](C(=O)N/N=C/c2cc(F)ccc2F)N1. The fourth-order valence-corrected chi connectivity index (χ4v) is 1.67. The minimum absolute atomic E-state index is 0.0734. The Morgan fingerprint density at radius 3 is 2.95 bits per heavy atom. The number of nitrogens with one attached hydrogen (secondary N) is 2. The van der Waals surface area contributed by atoms with Gasteiger partial charge >= 0.3 is 0 Å². The van der Waals surface area contributed by atoms with Crippen molar-refractivity contribution < 1.29 is 18.4 Å². The fourth-order valence-electron chi connectivity index (χ4n) is 1.67. The molecule has 0 unspecified atom stereocenters. The van der Waals surface area contributed by atoms with Gasteiger partial charge in [0.1, 0.15) is 17.7 Å². The fraction of sp³-hybridized carbons (Fsp3) is 0.250. The largest absolute Gasteiger partial charge is 0.344 e. The average molecular weight is 267 g/mol. The molecule has 1 atom stereocenters. The van der Waals surface area contributed by atoms with Crippen LogP contribution in [0.25, 0.3) is 0 Å². The minimum atomic E-state index is -0.645. The lowest BCUT2D eigenvalue weighted by Crippen LogP contribution is -2.39. The summed E-state index contributed by atoms with van der Waals surface area (Å²) in [6.07, 6.45) is 1.70. The van der Waals surface area contributed by atoms with E-state index < -0.39 is 23.6 Å². The molecule has 2 rings (SSSR count). The summed E-state index contributed by atoms with van der Waals surface area (Å²) in [5.41, 5.74) is 2.09. The van der Waals surface area contributed by atoms with Gasteiger partial charge in [-0.2, -0.15) is 5.10 Å². The molecule has 7 heteroatoms. The van der Waals surface area contributed by atoms with E-state index in [0.29, 0.717) is 12.8 Å². The first kappa shape index (κ1) is 13.1. The van der Waals surface area contributed by atoms with E-state index in [-0.39, 0.29) is 11.5 Å². The molecule has 1 fully saturated rings. The van der Waals surface area contributed by atoms with Crippen molar-refractivity contribution in [3.8, 4) is 0 Å². The van der Waals surface area contributed by atoms with Crippen molar-refractivity contribution in [1.29, 1.82) is 0 Å². The normalized spacial score (nSPS) is 18.6. The van der Waals surface area contributed by atoms with Crippen LogP contribution in [-0.4, -0.2) is 24.1 Å². The first-order valence-electron chi connectivity index (χ1n) is 5.63. The van der Waals surface area contributed by atoms with E-state index in [1.807, 2.05) is 0 Å². The van der Waals surface area contributed by atoms with Crippen molar-refractivity contribution in [3.05, 3.63) is 35.4 Å². The second kappa shape index (κ2) is 5.55. The number of hydrazone groups is 1. The second-order valence-corrected chi connectivity index (χ2v) is 4.06. The van der Waals surface area contributed by atoms with Crippen LogP contribution in [0.15, 0.2) is 23.3 Å². The molecule has 2 amide bonds. The maximum atomic E-state index is 13.2. The molecule has 0 radical (unpaired) electrons. The quantitative estimate of drug-likeness (QED) is 0.625. The van der Waals surface area contributed by atoms with Crippen molar-refractivity contribution >= 4 is 18.0 Å². The first-order valence-corrected chi connectivity index (χ1v) is 5.63. The van der Waals surface area contributed by atoms with Crippen LogP contribution in [0.2, 0.25) is 0 Å². The number of nitrogens with zero attached hydrogens (tertiary/aromatic N) is 1. The summed E-state index contributed by atoms with van der Waals surface area (Å²) < 4.78 is 26.1. The third-order valence-electron chi connectivity index (χ3n) is 2.65. The van der Waals surface area contributed by atoms with Gasteiger partial charge in [-0.15, -0.1) is 0 Å². The Bertz CT molecular complexity index is 546. The van der Waals surface area contributed by atoms with Gasteiger partial charge < -0.3 is 5.32 Å². The molecule has 5 nitrogen and oxygen atoms in total. The van der Waals surface area contributed by atoms with E-state index >= 15 is 0 Å². The molecule has 1 aliphatic heterocycles. The van der Waals surface area contributed by atoms with Gasteiger partial charge in [0, 0.05) is 12.0 Å². The van der Waals surface area contributed by atoms with Crippen LogP contribution < -0.4 is 10.7 Å². The summed E-state index contributed by atoms with van der Waals surface area (Å²) in [6.45, 7) is 0. The van der Waals surface area contributed by atoms with Gasteiger partial charge in [0.05, 0.1) is 6.21 Å². The highest BCUT2D eigenvalue weighted by atomic mass is 19.1. The lowest BCUT2D eigenvalue weighted by molar-refractivity contribution is -0.125. The van der Waals surface area contributed by atoms with E-state index in [1.165, 1.54) is 0 Å². The summed E-state index contributed by atoms with van der Waals surface area (Å²) in [5.74, 6) is -1.93. The predicted molar refractivity (Wildman–Crippen MR) is 63.3 cm³/mol. The number of halogens is 2. The summed E-state index contributed by atoms with van der Waals surface area (Å²) in [5, 5.41) is 5.99. The second-order valence-electron chi connectivity index (χ2n) is 4.06. The van der Waals surface area contributed by atoms with Gasteiger partial charge in [-0.3, -0.25) is 9.59 Å². The van der Waals surface area contributed by atoms with Crippen LogP contribution in [0.3, 0.4) is 0 Å². The van der Waals surface area contributed by atoms with Crippen LogP contribution in [0.5, 0.6) is 0 Å². The monoisotopic (exact) mass is 267 g/mol. The van der Waals surface area contributed by atoms with Crippen molar-refractivity contribution in [2.45, 2.75) is 18.9 Å². The molecule has 0 spiro atoms. The van der Waals surface area contributed by atoms with Crippen LogP contribution in [0, 0.1) is 11.6 Å². The van der Waals surface area contributed by atoms with Gasteiger partial charge in [-0.1, -0.05) is 0 Å².